The van der Waals surface area contributed by atoms with Gasteiger partial charge < -0.3 is 19.7 Å². The molecule has 1 unspecified atom stereocenters. The first-order valence-corrected chi connectivity index (χ1v) is 5.32. The number of ether oxygens (including phenoxy) is 2. The molecule has 15 heavy (non-hydrogen) atoms. The Morgan fingerprint density at radius 3 is 3.00 bits per heavy atom. The highest BCUT2D eigenvalue weighted by molar-refractivity contribution is 5.67. The zero-order valence-electron chi connectivity index (χ0n) is 9.66. The van der Waals surface area contributed by atoms with Crippen molar-refractivity contribution in [2.45, 2.75) is 26.1 Å². The van der Waals surface area contributed by atoms with Gasteiger partial charge in [0.25, 0.3) is 0 Å². The molecule has 0 radical (unpaired) electrons. The van der Waals surface area contributed by atoms with Crippen LogP contribution in [-0.2, 0) is 9.47 Å². The molecule has 5 heteroatoms. The van der Waals surface area contributed by atoms with Crippen LogP contribution in [0.5, 0.6) is 0 Å². The van der Waals surface area contributed by atoms with Gasteiger partial charge in [-0.05, 0) is 20.9 Å². The Morgan fingerprint density at radius 2 is 2.40 bits per heavy atom. The molecule has 1 amide bonds. The Balaban J connectivity index is 2.16. The predicted molar refractivity (Wildman–Crippen MR) is 56.9 cm³/mol. The monoisotopic (exact) mass is 216 g/mol. The number of morpholine rings is 1. The second-order valence-corrected chi connectivity index (χ2v) is 4.09. The van der Waals surface area contributed by atoms with E-state index in [0.717, 1.165) is 19.7 Å². The Labute approximate surface area is 90.7 Å². The minimum absolute atomic E-state index is 0.0727. The SMILES string of the molecule is CC(C)OC(=O)NCC1CN(C)CCO1. The van der Waals surface area contributed by atoms with E-state index in [0.29, 0.717) is 6.54 Å². The molecule has 0 aromatic heterocycles. The Kier molecular flexibility index (Phi) is 4.84. The third-order valence-electron chi connectivity index (χ3n) is 2.16. The molecular formula is C10H20N2O3. The minimum atomic E-state index is -0.373. The van der Waals surface area contributed by atoms with E-state index in [1.54, 1.807) is 0 Å². The van der Waals surface area contributed by atoms with Crippen LogP contribution in [-0.4, -0.2) is 56.5 Å². The average Bonchev–Trinajstić information content (AvgIpc) is 2.14. The number of likely N-dealkylation sites (N-methyl/N-ethyl adjacent to an activating group) is 1. The van der Waals surface area contributed by atoms with E-state index in [2.05, 4.69) is 10.2 Å². The summed E-state index contributed by atoms with van der Waals surface area (Å²) in [7, 11) is 2.04. The van der Waals surface area contributed by atoms with Crippen LogP contribution in [0.2, 0.25) is 0 Å². The molecule has 5 nitrogen and oxygen atoms in total. The Bertz CT molecular complexity index is 209. The van der Waals surface area contributed by atoms with Crippen molar-refractivity contribution in [3.8, 4) is 0 Å². The van der Waals surface area contributed by atoms with E-state index in [-0.39, 0.29) is 18.3 Å². The molecule has 1 heterocycles. The van der Waals surface area contributed by atoms with E-state index < -0.39 is 0 Å². The van der Waals surface area contributed by atoms with Gasteiger partial charge in [0.2, 0.25) is 0 Å². The zero-order chi connectivity index (χ0) is 11.3. The van der Waals surface area contributed by atoms with Gasteiger partial charge in [-0.15, -0.1) is 0 Å². The largest absolute Gasteiger partial charge is 0.447 e. The molecule has 0 aromatic rings. The van der Waals surface area contributed by atoms with Gasteiger partial charge in [0.05, 0.1) is 18.8 Å². The van der Waals surface area contributed by atoms with Crippen LogP contribution < -0.4 is 5.32 Å². The molecule has 0 bridgehead atoms. The Morgan fingerprint density at radius 1 is 1.67 bits per heavy atom. The zero-order valence-corrected chi connectivity index (χ0v) is 9.66. The van der Waals surface area contributed by atoms with Crippen molar-refractivity contribution >= 4 is 6.09 Å². The van der Waals surface area contributed by atoms with Gasteiger partial charge in [-0.2, -0.15) is 0 Å². The molecule has 0 aromatic carbocycles. The summed E-state index contributed by atoms with van der Waals surface area (Å²) < 4.78 is 10.4. The van der Waals surface area contributed by atoms with Crippen molar-refractivity contribution in [2.75, 3.05) is 33.3 Å². The maximum atomic E-state index is 11.2. The summed E-state index contributed by atoms with van der Waals surface area (Å²) in [4.78, 5) is 13.4. The van der Waals surface area contributed by atoms with E-state index in [1.807, 2.05) is 20.9 Å². The molecule has 1 rings (SSSR count). The van der Waals surface area contributed by atoms with Crippen molar-refractivity contribution in [1.29, 1.82) is 0 Å². The van der Waals surface area contributed by atoms with Crippen LogP contribution in [0.1, 0.15) is 13.8 Å². The van der Waals surface area contributed by atoms with E-state index >= 15 is 0 Å². The quantitative estimate of drug-likeness (QED) is 0.744. The number of alkyl carbamates (subject to hydrolysis) is 1. The first kappa shape index (κ1) is 12.3. The summed E-state index contributed by atoms with van der Waals surface area (Å²) >= 11 is 0. The molecule has 1 N–H and O–H groups in total. The van der Waals surface area contributed by atoms with Crippen LogP contribution >= 0.6 is 0 Å². The maximum Gasteiger partial charge on any atom is 0.407 e. The molecule has 0 saturated carbocycles. The highest BCUT2D eigenvalue weighted by atomic mass is 16.6. The van der Waals surface area contributed by atoms with Crippen LogP contribution in [0.4, 0.5) is 4.79 Å². The first-order chi connectivity index (χ1) is 7.08. The second-order valence-electron chi connectivity index (χ2n) is 4.09. The van der Waals surface area contributed by atoms with Crippen molar-refractivity contribution in [1.82, 2.24) is 10.2 Å². The van der Waals surface area contributed by atoms with Crippen LogP contribution in [0.3, 0.4) is 0 Å². The molecule has 1 fully saturated rings. The van der Waals surface area contributed by atoms with Crippen LogP contribution in [0.15, 0.2) is 0 Å². The van der Waals surface area contributed by atoms with Gasteiger partial charge in [0, 0.05) is 19.6 Å². The summed E-state index contributed by atoms with van der Waals surface area (Å²) in [6.07, 6.45) is -0.384. The molecule has 1 saturated heterocycles. The standard InChI is InChI=1S/C10H20N2O3/c1-8(2)15-10(13)11-6-9-7-12(3)4-5-14-9/h8-9H,4-7H2,1-3H3,(H,11,13). The number of carbonyl (C=O) groups is 1. The lowest BCUT2D eigenvalue weighted by Gasteiger charge is -2.30. The smallest absolute Gasteiger partial charge is 0.407 e. The third-order valence-corrected chi connectivity index (χ3v) is 2.16. The second kappa shape index (κ2) is 5.92. The lowest BCUT2D eigenvalue weighted by molar-refractivity contribution is -0.0184. The number of nitrogens with one attached hydrogen (secondary N) is 1. The number of nitrogens with zero attached hydrogens (tertiary/aromatic N) is 1. The summed E-state index contributed by atoms with van der Waals surface area (Å²) in [5.74, 6) is 0. The number of hydrogen-bond donors (Lipinski definition) is 1. The van der Waals surface area contributed by atoms with Crippen LogP contribution in [0.25, 0.3) is 0 Å². The summed E-state index contributed by atoms with van der Waals surface area (Å²) in [5, 5.41) is 2.69. The highest BCUT2D eigenvalue weighted by Gasteiger charge is 2.18. The predicted octanol–water partition coefficient (Wildman–Crippen LogP) is 0.452. The van der Waals surface area contributed by atoms with Crippen molar-refractivity contribution in [2.24, 2.45) is 0 Å². The van der Waals surface area contributed by atoms with Crippen LogP contribution in [0, 0.1) is 0 Å². The van der Waals surface area contributed by atoms with Gasteiger partial charge in [-0.3, -0.25) is 0 Å². The maximum absolute atomic E-state index is 11.2. The molecule has 88 valence electrons. The topological polar surface area (TPSA) is 50.8 Å². The van der Waals surface area contributed by atoms with E-state index in [4.69, 9.17) is 9.47 Å². The lowest BCUT2D eigenvalue weighted by Crippen LogP contribution is -2.46. The van der Waals surface area contributed by atoms with Gasteiger partial charge in [-0.1, -0.05) is 0 Å². The fourth-order valence-corrected chi connectivity index (χ4v) is 1.44. The fourth-order valence-electron chi connectivity index (χ4n) is 1.44. The third kappa shape index (κ3) is 4.99. The van der Waals surface area contributed by atoms with E-state index in [9.17, 15) is 4.79 Å². The first-order valence-electron chi connectivity index (χ1n) is 5.32. The number of rotatable bonds is 3. The highest BCUT2D eigenvalue weighted by Crippen LogP contribution is 2.01. The number of carbonyl (C=O) groups excluding carboxylic acids is 1. The molecule has 1 atom stereocenters. The molecule has 1 aliphatic heterocycles. The summed E-state index contributed by atoms with van der Waals surface area (Å²) in [6, 6.07) is 0. The van der Waals surface area contributed by atoms with Gasteiger partial charge in [-0.25, -0.2) is 4.79 Å². The lowest BCUT2D eigenvalue weighted by atomic mass is 10.3. The summed E-state index contributed by atoms with van der Waals surface area (Å²) in [5.41, 5.74) is 0. The molecule has 0 aliphatic carbocycles. The molecular weight excluding hydrogens is 196 g/mol. The van der Waals surface area contributed by atoms with Gasteiger partial charge in [0.1, 0.15) is 0 Å². The van der Waals surface area contributed by atoms with Crippen molar-refractivity contribution in [3.63, 3.8) is 0 Å². The fraction of sp³-hybridized carbons (Fsp3) is 0.900. The van der Waals surface area contributed by atoms with Crippen molar-refractivity contribution in [3.05, 3.63) is 0 Å². The van der Waals surface area contributed by atoms with Gasteiger partial charge >= 0.3 is 6.09 Å². The molecule has 0 spiro atoms. The summed E-state index contributed by atoms with van der Waals surface area (Å²) in [6.45, 7) is 6.68. The average molecular weight is 216 g/mol. The minimum Gasteiger partial charge on any atom is -0.447 e. The van der Waals surface area contributed by atoms with Crippen molar-refractivity contribution < 1.29 is 14.3 Å². The molecule has 1 aliphatic rings. The van der Waals surface area contributed by atoms with E-state index in [1.165, 1.54) is 0 Å². The Hall–Kier alpha value is -0.810. The number of hydrogen-bond acceptors (Lipinski definition) is 4. The van der Waals surface area contributed by atoms with Gasteiger partial charge in [0.15, 0.2) is 0 Å². The normalized spacial score (nSPS) is 22.8. The number of amides is 1.